The number of hydrogen-bond acceptors (Lipinski definition) is 6. The second kappa shape index (κ2) is 8.64. The van der Waals surface area contributed by atoms with E-state index in [1.54, 1.807) is 0 Å². The van der Waals surface area contributed by atoms with E-state index >= 15 is 0 Å². The molecule has 30 heavy (non-hydrogen) atoms. The van der Waals surface area contributed by atoms with Gasteiger partial charge in [0.25, 0.3) is 11.7 Å². The zero-order valence-electron chi connectivity index (χ0n) is 15.8. The minimum Gasteiger partial charge on any atom is -0.407 e. The molecular formula is C19H18ClFN4O5. The zero-order valence-corrected chi connectivity index (χ0v) is 16.6. The van der Waals surface area contributed by atoms with Gasteiger partial charge in [-0.2, -0.15) is 0 Å². The van der Waals surface area contributed by atoms with E-state index in [0.717, 1.165) is 6.07 Å². The van der Waals surface area contributed by atoms with Crippen molar-refractivity contribution in [2.24, 2.45) is 0 Å². The molecule has 9 nitrogen and oxygen atoms in total. The van der Waals surface area contributed by atoms with Crippen LogP contribution in [0, 0.1) is 5.82 Å². The van der Waals surface area contributed by atoms with Gasteiger partial charge < -0.3 is 25.4 Å². The Kier molecular flexibility index (Phi) is 6.18. The SMILES string of the molecule is CC(=O)Nc1ccc(N2CC[C@@](O)(OC(=O)NCc3cc(F)cc(Cl)c3)C2=O)cn1. The predicted molar refractivity (Wildman–Crippen MR) is 105 cm³/mol. The molecular weight excluding hydrogens is 419 g/mol. The van der Waals surface area contributed by atoms with Crippen LogP contribution in [0.3, 0.4) is 0 Å². The van der Waals surface area contributed by atoms with Crippen molar-refractivity contribution in [3.63, 3.8) is 0 Å². The average Bonchev–Trinajstić information content (AvgIpc) is 2.94. The molecule has 1 fully saturated rings. The highest BCUT2D eigenvalue weighted by Gasteiger charge is 2.49. The standard InChI is InChI=1S/C19H18ClFN4O5/c1-11(26)24-16-3-2-15(10-22-16)25-5-4-19(29,17(25)27)30-18(28)23-9-12-6-13(20)8-14(21)7-12/h2-3,6-8,10,29H,4-5,9H2,1H3,(H,23,28)(H,22,24,26)/t19-/m1/s1. The summed E-state index contributed by atoms with van der Waals surface area (Å²) in [4.78, 5) is 40.9. The minimum atomic E-state index is -2.35. The molecule has 0 radical (unpaired) electrons. The molecule has 3 amide bonds. The number of nitrogens with one attached hydrogen (secondary N) is 2. The van der Waals surface area contributed by atoms with Gasteiger partial charge in [-0.3, -0.25) is 9.59 Å². The minimum absolute atomic E-state index is 0.0866. The summed E-state index contributed by atoms with van der Waals surface area (Å²) in [5, 5.41) is 15.5. The summed E-state index contributed by atoms with van der Waals surface area (Å²) in [5.41, 5.74) is 0.747. The van der Waals surface area contributed by atoms with Crippen molar-refractivity contribution < 1.29 is 28.6 Å². The quantitative estimate of drug-likeness (QED) is 0.618. The monoisotopic (exact) mass is 436 g/mol. The number of aliphatic hydroxyl groups is 1. The third-order valence-corrected chi connectivity index (χ3v) is 4.46. The molecule has 1 aromatic heterocycles. The third-order valence-electron chi connectivity index (χ3n) is 4.24. The van der Waals surface area contributed by atoms with Gasteiger partial charge in [0.2, 0.25) is 5.91 Å². The lowest BCUT2D eigenvalue weighted by molar-refractivity contribution is -0.175. The van der Waals surface area contributed by atoms with E-state index in [9.17, 15) is 23.9 Å². The number of aromatic nitrogens is 1. The van der Waals surface area contributed by atoms with E-state index < -0.39 is 23.6 Å². The van der Waals surface area contributed by atoms with Crippen LogP contribution < -0.4 is 15.5 Å². The lowest BCUT2D eigenvalue weighted by atomic mass is 10.2. The molecule has 0 bridgehead atoms. The van der Waals surface area contributed by atoms with Crippen molar-refractivity contribution in [2.75, 3.05) is 16.8 Å². The summed E-state index contributed by atoms with van der Waals surface area (Å²) < 4.78 is 18.3. The number of rotatable bonds is 5. The maximum atomic E-state index is 13.3. The molecule has 1 atom stereocenters. The molecule has 0 spiro atoms. The Hall–Kier alpha value is -3.24. The van der Waals surface area contributed by atoms with Crippen molar-refractivity contribution >= 4 is 41.0 Å². The van der Waals surface area contributed by atoms with Gasteiger partial charge in [-0.1, -0.05) is 11.6 Å². The molecule has 1 aliphatic rings. The number of carbonyl (C=O) groups is 3. The van der Waals surface area contributed by atoms with Crippen molar-refractivity contribution in [3.05, 3.63) is 52.9 Å². The van der Waals surface area contributed by atoms with Gasteiger partial charge in [0.15, 0.2) is 0 Å². The Morgan fingerprint density at radius 3 is 2.77 bits per heavy atom. The second-order valence-corrected chi connectivity index (χ2v) is 7.03. The number of halogens is 2. The molecule has 0 unspecified atom stereocenters. The Balaban J connectivity index is 1.60. The van der Waals surface area contributed by atoms with Gasteiger partial charge >= 0.3 is 6.09 Å². The van der Waals surface area contributed by atoms with E-state index in [1.807, 2.05) is 0 Å². The molecule has 0 aliphatic carbocycles. The van der Waals surface area contributed by atoms with Crippen molar-refractivity contribution in [1.29, 1.82) is 0 Å². The molecule has 3 N–H and O–H groups in total. The normalized spacial score (nSPS) is 18.3. The number of carbonyl (C=O) groups excluding carboxylic acids is 3. The number of benzene rings is 1. The first-order chi connectivity index (χ1) is 14.2. The van der Waals surface area contributed by atoms with Crippen molar-refractivity contribution in [2.45, 2.75) is 25.7 Å². The van der Waals surface area contributed by atoms with Crippen LogP contribution in [0.25, 0.3) is 0 Å². The highest BCUT2D eigenvalue weighted by molar-refractivity contribution is 6.30. The van der Waals surface area contributed by atoms with Crippen LogP contribution in [0.4, 0.5) is 20.7 Å². The molecule has 1 aromatic carbocycles. The topological polar surface area (TPSA) is 121 Å². The summed E-state index contributed by atoms with van der Waals surface area (Å²) >= 11 is 5.75. The Labute approximate surface area is 175 Å². The van der Waals surface area contributed by atoms with Crippen molar-refractivity contribution in [3.8, 4) is 0 Å². The van der Waals surface area contributed by atoms with Gasteiger partial charge in [-0.15, -0.1) is 0 Å². The Bertz CT molecular complexity index is 967. The van der Waals surface area contributed by atoms with E-state index in [1.165, 1.54) is 42.3 Å². The number of alkyl carbamates (subject to hydrolysis) is 1. The number of hydrogen-bond donors (Lipinski definition) is 3. The first-order valence-electron chi connectivity index (χ1n) is 8.86. The number of amides is 3. The fraction of sp³-hybridized carbons (Fsp3) is 0.263. The van der Waals surface area contributed by atoms with Crippen LogP contribution in [0.5, 0.6) is 0 Å². The Morgan fingerprint density at radius 1 is 1.37 bits per heavy atom. The number of nitrogens with zero attached hydrogens (tertiary/aromatic N) is 2. The first kappa shape index (κ1) is 21.5. The smallest absolute Gasteiger partial charge is 0.407 e. The Morgan fingerprint density at radius 2 is 2.13 bits per heavy atom. The van der Waals surface area contributed by atoms with E-state index in [-0.39, 0.29) is 30.4 Å². The lowest BCUT2D eigenvalue weighted by Crippen LogP contribution is -2.46. The average molecular weight is 437 g/mol. The van der Waals surface area contributed by atoms with Gasteiger partial charge in [0.05, 0.1) is 11.9 Å². The second-order valence-electron chi connectivity index (χ2n) is 6.59. The third kappa shape index (κ3) is 5.02. The molecule has 2 aromatic rings. The van der Waals surface area contributed by atoms with Gasteiger partial charge in [0.1, 0.15) is 11.6 Å². The molecule has 1 saturated heterocycles. The zero-order chi connectivity index (χ0) is 21.9. The summed E-state index contributed by atoms with van der Waals surface area (Å²) in [6, 6.07) is 6.80. The van der Waals surface area contributed by atoms with Gasteiger partial charge in [-0.05, 0) is 35.9 Å². The predicted octanol–water partition coefficient (Wildman–Crippen LogP) is 2.18. The van der Waals surface area contributed by atoms with Crippen LogP contribution >= 0.6 is 11.6 Å². The van der Waals surface area contributed by atoms with Crippen LogP contribution in [-0.4, -0.2) is 40.3 Å². The van der Waals surface area contributed by atoms with E-state index in [4.69, 9.17) is 16.3 Å². The fourth-order valence-corrected chi connectivity index (χ4v) is 3.14. The summed E-state index contributed by atoms with van der Waals surface area (Å²) in [6.45, 7) is 1.31. The summed E-state index contributed by atoms with van der Waals surface area (Å²) in [5.74, 6) is -3.73. The largest absolute Gasteiger partial charge is 0.410 e. The summed E-state index contributed by atoms with van der Waals surface area (Å²) in [7, 11) is 0. The highest BCUT2D eigenvalue weighted by Crippen LogP contribution is 2.29. The fourth-order valence-electron chi connectivity index (χ4n) is 2.90. The number of anilines is 2. The molecule has 0 saturated carbocycles. The maximum Gasteiger partial charge on any atom is 0.410 e. The van der Waals surface area contributed by atoms with Crippen LogP contribution in [0.15, 0.2) is 36.5 Å². The number of pyridine rings is 1. The number of ether oxygens (including phenoxy) is 1. The maximum absolute atomic E-state index is 13.3. The first-order valence-corrected chi connectivity index (χ1v) is 9.24. The molecule has 2 heterocycles. The lowest BCUT2D eigenvalue weighted by Gasteiger charge is -2.22. The molecule has 11 heteroatoms. The summed E-state index contributed by atoms with van der Waals surface area (Å²) in [6.07, 6.45) is 0.147. The van der Waals surface area contributed by atoms with Crippen LogP contribution in [-0.2, 0) is 20.9 Å². The van der Waals surface area contributed by atoms with Crippen LogP contribution in [0.2, 0.25) is 5.02 Å². The molecule has 1 aliphatic heterocycles. The van der Waals surface area contributed by atoms with Crippen molar-refractivity contribution in [1.82, 2.24) is 10.3 Å². The van der Waals surface area contributed by atoms with Crippen LogP contribution in [0.1, 0.15) is 18.9 Å². The molecule has 158 valence electrons. The molecule has 3 rings (SSSR count). The van der Waals surface area contributed by atoms with Gasteiger partial charge in [-0.25, -0.2) is 14.2 Å². The van der Waals surface area contributed by atoms with E-state index in [0.29, 0.717) is 17.1 Å². The van der Waals surface area contributed by atoms with E-state index in [2.05, 4.69) is 15.6 Å². The van der Waals surface area contributed by atoms with Gasteiger partial charge in [0, 0.05) is 31.5 Å². The highest BCUT2D eigenvalue weighted by atomic mass is 35.5.